The number of hydrogen-bond acceptors (Lipinski definition) is 5. The lowest BCUT2D eigenvalue weighted by Gasteiger charge is -2.27. The Bertz CT molecular complexity index is 866. The van der Waals surface area contributed by atoms with Crippen molar-refractivity contribution in [3.8, 4) is 17.2 Å². The van der Waals surface area contributed by atoms with Gasteiger partial charge in [-0.2, -0.15) is 0 Å². The fourth-order valence-electron chi connectivity index (χ4n) is 3.63. The van der Waals surface area contributed by atoms with Crippen LogP contribution >= 0.6 is 7.26 Å². The van der Waals surface area contributed by atoms with E-state index in [-0.39, 0.29) is 12.1 Å². The van der Waals surface area contributed by atoms with Crippen LogP contribution in [0.1, 0.15) is 6.92 Å². The topological polar surface area (TPSA) is 54.0 Å². The fourth-order valence-corrected chi connectivity index (χ4v) is 7.53. The van der Waals surface area contributed by atoms with Crippen molar-refractivity contribution in [1.82, 2.24) is 0 Å². The smallest absolute Gasteiger partial charge is 0.345 e. The molecule has 0 heterocycles. The Morgan fingerprint density at radius 2 is 0.968 bits per heavy atom. The van der Waals surface area contributed by atoms with Crippen molar-refractivity contribution >= 4 is 29.1 Å². The quantitative estimate of drug-likeness (QED) is 0.377. The average Bonchev–Trinajstić information content (AvgIpc) is 2.83. The van der Waals surface area contributed by atoms with Gasteiger partial charge in [0.15, 0.2) is 6.16 Å². The Morgan fingerprint density at radius 1 is 0.645 bits per heavy atom. The SMILES string of the molecule is CCOC(=O)C[P+](c1ccc(OC)cc1)(c1ccc(OC)cc1)c1ccc(OC)cc1. The molecule has 0 bridgehead atoms. The lowest BCUT2D eigenvalue weighted by molar-refractivity contribution is -0.139. The zero-order chi connectivity index (χ0) is 22.3. The summed E-state index contributed by atoms with van der Waals surface area (Å²) in [7, 11) is 2.55. The van der Waals surface area contributed by atoms with Gasteiger partial charge in [-0.3, -0.25) is 0 Å². The second-order valence-electron chi connectivity index (χ2n) is 6.87. The highest BCUT2D eigenvalue weighted by molar-refractivity contribution is 7.96. The third-order valence-electron chi connectivity index (χ3n) is 5.21. The zero-order valence-corrected chi connectivity index (χ0v) is 19.2. The first-order chi connectivity index (χ1) is 15.1. The van der Waals surface area contributed by atoms with Crippen molar-refractivity contribution < 1.29 is 23.7 Å². The fraction of sp³-hybridized carbons (Fsp3) is 0.240. The van der Waals surface area contributed by atoms with Crippen LogP contribution in [0.2, 0.25) is 0 Å². The molecule has 3 aromatic carbocycles. The Balaban J connectivity index is 2.27. The van der Waals surface area contributed by atoms with Gasteiger partial charge in [-0.25, -0.2) is 4.79 Å². The Labute approximate surface area is 184 Å². The first-order valence-electron chi connectivity index (χ1n) is 10.0. The minimum Gasteiger partial charge on any atom is -0.497 e. The maximum atomic E-state index is 12.9. The molecule has 0 saturated carbocycles. The third kappa shape index (κ3) is 4.83. The summed E-state index contributed by atoms with van der Waals surface area (Å²) in [5.41, 5.74) is 0. The minimum absolute atomic E-state index is 0.224. The maximum absolute atomic E-state index is 12.9. The lowest BCUT2D eigenvalue weighted by atomic mass is 10.3. The second-order valence-corrected chi connectivity index (χ2v) is 10.4. The molecule has 0 radical (unpaired) electrons. The van der Waals surface area contributed by atoms with Gasteiger partial charge in [-0.1, -0.05) is 0 Å². The van der Waals surface area contributed by atoms with Gasteiger partial charge in [-0.05, 0) is 79.7 Å². The van der Waals surface area contributed by atoms with Gasteiger partial charge >= 0.3 is 5.97 Å². The monoisotopic (exact) mass is 439 g/mol. The molecule has 0 fully saturated rings. The van der Waals surface area contributed by atoms with Crippen LogP contribution in [0.25, 0.3) is 0 Å². The highest BCUT2D eigenvalue weighted by Crippen LogP contribution is 2.55. The molecular weight excluding hydrogens is 411 g/mol. The van der Waals surface area contributed by atoms with Gasteiger partial charge in [0.25, 0.3) is 0 Å². The number of ether oxygens (including phenoxy) is 4. The summed E-state index contributed by atoms with van der Waals surface area (Å²) in [5, 5.41) is 3.20. The summed E-state index contributed by atoms with van der Waals surface area (Å²) in [5.74, 6) is 2.07. The molecule has 0 atom stereocenters. The summed E-state index contributed by atoms with van der Waals surface area (Å²) < 4.78 is 21.5. The van der Waals surface area contributed by atoms with Gasteiger partial charge in [0.05, 0.1) is 27.9 Å². The number of benzene rings is 3. The first-order valence-corrected chi connectivity index (χ1v) is 12.0. The van der Waals surface area contributed by atoms with Gasteiger partial charge in [0.2, 0.25) is 0 Å². The molecule has 0 amide bonds. The van der Waals surface area contributed by atoms with E-state index in [1.807, 2.05) is 79.7 Å². The van der Waals surface area contributed by atoms with Crippen LogP contribution in [-0.4, -0.2) is 40.1 Å². The Morgan fingerprint density at radius 3 is 1.23 bits per heavy atom. The predicted octanol–water partition coefficient (Wildman–Crippen LogP) is 3.57. The largest absolute Gasteiger partial charge is 0.497 e. The number of carbonyl (C=O) groups is 1. The van der Waals surface area contributed by atoms with Crippen LogP contribution < -0.4 is 30.1 Å². The molecule has 0 aliphatic rings. The number of hydrogen-bond donors (Lipinski definition) is 0. The highest BCUT2D eigenvalue weighted by Gasteiger charge is 2.48. The Hall–Kier alpha value is -3.04. The molecule has 0 spiro atoms. The standard InChI is InChI=1S/C25H28O5P/c1-5-30-25(26)18-31(22-12-6-19(27-2)7-13-22,23-14-8-20(28-3)9-15-23)24-16-10-21(29-4)11-17-24/h6-17H,5,18H2,1-4H3/q+1. The van der Waals surface area contributed by atoms with Crippen LogP contribution in [0.4, 0.5) is 0 Å². The van der Waals surface area contributed by atoms with Crippen molar-refractivity contribution in [1.29, 1.82) is 0 Å². The van der Waals surface area contributed by atoms with E-state index < -0.39 is 7.26 Å². The molecule has 162 valence electrons. The van der Waals surface area contributed by atoms with Gasteiger partial charge in [-0.15, -0.1) is 0 Å². The summed E-state index contributed by atoms with van der Waals surface area (Å²) in [6, 6.07) is 23.8. The van der Waals surface area contributed by atoms with E-state index in [0.29, 0.717) is 6.61 Å². The Kier molecular flexibility index (Phi) is 7.54. The van der Waals surface area contributed by atoms with Crippen molar-refractivity contribution in [3.05, 3.63) is 72.8 Å². The minimum atomic E-state index is -2.37. The number of methoxy groups -OCH3 is 3. The number of carbonyl (C=O) groups excluding carboxylic acids is 1. The zero-order valence-electron chi connectivity index (χ0n) is 18.3. The molecule has 6 heteroatoms. The van der Waals surface area contributed by atoms with E-state index in [2.05, 4.69) is 0 Å². The van der Waals surface area contributed by atoms with E-state index in [1.165, 1.54) is 0 Å². The maximum Gasteiger partial charge on any atom is 0.345 e. The second kappa shape index (κ2) is 10.3. The van der Waals surface area contributed by atoms with E-state index >= 15 is 0 Å². The van der Waals surface area contributed by atoms with E-state index in [4.69, 9.17) is 18.9 Å². The van der Waals surface area contributed by atoms with Crippen LogP contribution in [0.5, 0.6) is 17.2 Å². The van der Waals surface area contributed by atoms with E-state index in [9.17, 15) is 4.79 Å². The van der Waals surface area contributed by atoms with Gasteiger partial charge < -0.3 is 18.9 Å². The van der Waals surface area contributed by atoms with Crippen LogP contribution in [0.3, 0.4) is 0 Å². The van der Waals surface area contributed by atoms with Crippen molar-refractivity contribution in [3.63, 3.8) is 0 Å². The van der Waals surface area contributed by atoms with Gasteiger partial charge in [0.1, 0.15) is 40.4 Å². The first kappa shape index (κ1) is 22.6. The van der Waals surface area contributed by atoms with Gasteiger partial charge in [0, 0.05) is 0 Å². The molecule has 31 heavy (non-hydrogen) atoms. The summed E-state index contributed by atoms with van der Waals surface area (Å²) in [4.78, 5) is 12.9. The van der Waals surface area contributed by atoms with Crippen LogP contribution in [0.15, 0.2) is 72.8 Å². The van der Waals surface area contributed by atoms with E-state index in [0.717, 1.165) is 33.2 Å². The van der Waals surface area contributed by atoms with Crippen LogP contribution in [-0.2, 0) is 9.53 Å². The molecule has 0 saturated heterocycles. The molecule has 0 aliphatic heterocycles. The molecule has 5 nitrogen and oxygen atoms in total. The number of rotatable bonds is 9. The number of esters is 1. The van der Waals surface area contributed by atoms with Crippen molar-refractivity contribution in [2.24, 2.45) is 0 Å². The molecular formula is C25H28O5P+. The molecule has 0 N–H and O–H groups in total. The molecule has 0 unspecified atom stereocenters. The molecule has 0 aliphatic carbocycles. The van der Waals surface area contributed by atoms with E-state index in [1.54, 1.807) is 21.3 Å². The highest BCUT2D eigenvalue weighted by atomic mass is 31.2. The summed E-state index contributed by atoms with van der Waals surface area (Å²) in [6.45, 7) is 2.17. The average molecular weight is 439 g/mol. The molecule has 3 aromatic rings. The van der Waals surface area contributed by atoms with Crippen molar-refractivity contribution in [2.45, 2.75) is 6.92 Å². The third-order valence-corrected chi connectivity index (χ3v) is 9.48. The molecule has 3 rings (SSSR count). The normalized spacial score (nSPS) is 11.0. The summed E-state index contributed by atoms with van der Waals surface area (Å²) in [6.07, 6.45) is 0.256. The molecule has 0 aromatic heterocycles. The predicted molar refractivity (Wildman–Crippen MR) is 126 cm³/mol. The summed E-state index contributed by atoms with van der Waals surface area (Å²) >= 11 is 0. The lowest BCUT2D eigenvalue weighted by Crippen LogP contribution is -2.36. The van der Waals surface area contributed by atoms with Crippen LogP contribution in [0, 0.1) is 0 Å². The van der Waals surface area contributed by atoms with Crippen molar-refractivity contribution in [2.75, 3.05) is 34.1 Å².